The molecule has 3 aromatic rings. The van der Waals surface area contributed by atoms with E-state index in [-0.39, 0.29) is 11.9 Å². The first kappa shape index (κ1) is 28.7. The Morgan fingerprint density at radius 1 is 0.846 bits per heavy atom. The van der Waals surface area contributed by atoms with E-state index in [4.69, 9.17) is 9.47 Å². The molecule has 0 saturated carbocycles. The topological polar surface area (TPSA) is 45.2 Å². The highest BCUT2D eigenvalue weighted by Crippen LogP contribution is 2.35. The van der Waals surface area contributed by atoms with Crippen LogP contribution in [0, 0.1) is 0 Å². The number of methoxy groups -OCH3 is 2. The van der Waals surface area contributed by atoms with E-state index in [2.05, 4.69) is 72.2 Å². The van der Waals surface area contributed by atoms with Gasteiger partial charge in [0.05, 0.1) is 20.3 Å². The lowest BCUT2D eigenvalue weighted by Gasteiger charge is -2.48. The van der Waals surface area contributed by atoms with Gasteiger partial charge in [0, 0.05) is 50.4 Å². The van der Waals surface area contributed by atoms with Crippen molar-refractivity contribution in [3.63, 3.8) is 0 Å². The van der Waals surface area contributed by atoms with Gasteiger partial charge < -0.3 is 14.4 Å². The normalized spacial score (nSPS) is 18.9. The summed E-state index contributed by atoms with van der Waals surface area (Å²) < 4.78 is 11.1. The standard InChI is InChI=1S/C33H43N3O3/c1-7-34(8-2)33(37)29-15-10-13-27(19-29)32(28-14-11-17-31(20-28)39-6)36-22-24(3)35(21-25(36)4)23-26-12-9-16-30(18-26)38-5/h9-20,24-25,32H,7-8,21-23H2,1-6H3/t24-,25+,32+/m1/s1. The zero-order valence-electron chi connectivity index (χ0n) is 24.3. The number of benzene rings is 3. The fourth-order valence-corrected chi connectivity index (χ4v) is 5.73. The highest BCUT2D eigenvalue weighted by atomic mass is 16.5. The Kier molecular flexibility index (Phi) is 9.65. The van der Waals surface area contributed by atoms with Crippen LogP contribution in [-0.4, -0.2) is 73.1 Å². The maximum atomic E-state index is 13.3. The van der Waals surface area contributed by atoms with Gasteiger partial charge in [-0.25, -0.2) is 0 Å². The molecule has 0 unspecified atom stereocenters. The van der Waals surface area contributed by atoms with E-state index in [0.717, 1.165) is 42.3 Å². The second kappa shape index (κ2) is 13.1. The van der Waals surface area contributed by atoms with Crippen LogP contribution in [0.4, 0.5) is 0 Å². The molecule has 0 radical (unpaired) electrons. The molecule has 6 heteroatoms. The molecule has 208 valence electrons. The molecular formula is C33H43N3O3. The first-order valence-electron chi connectivity index (χ1n) is 14.0. The summed E-state index contributed by atoms with van der Waals surface area (Å²) in [5.74, 6) is 1.81. The van der Waals surface area contributed by atoms with E-state index in [1.807, 2.05) is 43.0 Å². The molecule has 0 aliphatic carbocycles. The summed E-state index contributed by atoms with van der Waals surface area (Å²) in [5.41, 5.74) is 4.29. The molecule has 1 amide bonds. The van der Waals surface area contributed by atoms with Crippen molar-refractivity contribution in [2.24, 2.45) is 0 Å². The van der Waals surface area contributed by atoms with Crippen molar-refractivity contribution in [3.8, 4) is 11.5 Å². The molecule has 1 saturated heterocycles. The highest BCUT2D eigenvalue weighted by Gasteiger charge is 2.35. The SMILES string of the molecule is CCN(CC)C(=O)c1cccc([C@@H](c2cccc(OC)c2)N2C[C@@H](C)N(Cc3cccc(OC)c3)C[C@@H]2C)c1. The highest BCUT2D eigenvalue weighted by molar-refractivity contribution is 5.94. The number of hydrogen-bond donors (Lipinski definition) is 0. The number of nitrogens with zero attached hydrogens (tertiary/aromatic N) is 3. The van der Waals surface area contributed by atoms with E-state index >= 15 is 0 Å². The Labute approximate surface area is 234 Å². The van der Waals surface area contributed by atoms with Crippen LogP contribution < -0.4 is 9.47 Å². The summed E-state index contributed by atoms with van der Waals surface area (Å²) in [6.45, 7) is 12.8. The smallest absolute Gasteiger partial charge is 0.253 e. The summed E-state index contributed by atoms with van der Waals surface area (Å²) in [4.78, 5) is 20.3. The lowest BCUT2D eigenvalue weighted by atomic mass is 9.92. The van der Waals surface area contributed by atoms with Crippen LogP contribution in [0.2, 0.25) is 0 Å². The molecule has 0 N–H and O–H groups in total. The molecular weight excluding hydrogens is 486 g/mol. The molecule has 6 nitrogen and oxygen atoms in total. The summed E-state index contributed by atoms with van der Waals surface area (Å²) >= 11 is 0. The maximum absolute atomic E-state index is 13.3. The van der Waals surface area contributed by atoms with E-state index in [1.54, 1.807) is 14.2 Å². The van der Waals surface area contributed by atoms with Gasteiger partial charge in [-0.3, -0.25) is 14.6 Å². The third-order valence-corrected chi connectivity index (χ3v) is 7.92. The average molecular weight is 530 g/mol. The minimum atomic E-state index is 0.000900. The number of ether oxygens (including phenoxy) is 2. The van der Waals surface area contributed by atoms with E-state index in [1.165, 1.54) is 11.1 Å². The number of carbonyl (C=O) groups excluding carboxylic acids is 1. The molecule has 1 aliphatic heterocycles. The molecule has 0 aromatic heterocycles. The third-order valence-electron chi connectivity index (χ3n) is 7.92. The quantitative estimate of drug-likeness (QED) is 0.329. The van der Waals surface area contributed by atoms with Crippen molar-refractivity contribution in [3.05, 3.63) is 95.1 Å². The van der Waals surface area contributed by atoms with Crippen LogP contribution in [-0.2, 0) is 6.54 Å². The monoisotopic (exact) mass is 529 g/mol. The molecule has 0 bridgehead atoms. The van der Waals surface area contributed by atoms with Crippen molar-refractivity contribution in [1.82, 2.24) is 14.7 Å². The summed E-state index contributed by atoms with van der Waals surface area (Å²) in [7, 11) is 3.42. The number of hydrogen-bond acceptors (Lipinski definition) is 5. The van der Waals surface area contributed by atoms with E-state index < -0.39 is 0 Å². The first-order chi connectivity index (χ1) is 18.9. The van der Waals surface area contributed by atoms with Crippen molar-refractivity contribution in [1.29, 1.82) is 0 Å². The fraction of sp³-hybridized carbons (Fsp3) is 0.424. The molecule has 0 spiro atoms. The molecule has 3 atom stereocenters. The van der Waals surface area contributed by atoms with Gasteiger partial charge in [-0.05, 0) is 80.8 Å². The average Bonchev–Trinajstić information content (AvgIpc) is 2.96. The predicted octanol–water partition coefficient (Wildman–Crippen LogP) is 5.87. The number of piperazine rings is 1. The van der Waals surface area contributed by atoms with Crippen LogP contribution in [0.25, 0.3) is 0 Å². The minimum Gasteiger partial charge on any atom is -0.497 e. The fourth-order valence-electron chi connectivity index (χ4n) is 5.73. The lowest BCUT2D eigenvalue weighted by molar-refractivity contribution is 0.0194. The minimum absolute atomic E-state index is 0.000900. The number of amides is 1. The predicted molar refractivity (Wildman–Crippen MR) is 158 cm³/mol. The van der Waals surface area contributed by atoms with Crippen LogP contribution in [0.3, 0.4) is 0 Å². The first-order valence-corrected chi connectivity index (χ1v) is 14.0. The van der Waals surface area contributed by atoms with Gasteiger partial charge in [-0.2, -0.15) is 0 Å². The summed E-state index contributed by atoms with van der Waals surface area (Å²) in [6.07, 6.45) is 0. The zero-order valence-corrected chi connectivity index (χ0v) is 24.3. The van der Waals surface area contributed by atoms with Gasteiger partial charge in [0.25, 0.3) is 5.91 Å². The van der Waals surface area contributed by atoms with Gasteiger partial charge >= 0.3 is 0 Å². The Morgan fingerprint density at radius 2 is 1.46 bits per heavy atom. The van der Waals surface area contributed by atoms with E-state index in [9.17, 15) is 4.79 Å². The molecule has 1 heterocycles. The summed E-state index contributed by atoms with van der Waals surface area (Å²) in [6, 6.07) is 25.5. The maximum Gasteiger partial charge on any atom is 0.253 e. The van der Waals surface area contributed by atoms with Gasteiger partial charge in [-0.15, -0.1) is 0 Å². The second-order valence-corrected chi connectivity index (χ2v) is 10.5. The lowest BCUT2D eigenvalue weighted by Crippen LogP contribution is -2.56. The molecule has 4 rings (SSSR count). The molecule has 39 heavy (non-hydrogen) atoms. The second-order valence-electron chi connectivity index (χ2n) is 10.5. The Morgan fingerprint density at radius 3 is 2.13 bits per heavy atom. The Bertz CT molecular complexity index is 1240. The van der Waals surface area contributed by atoms with Crippen molar-refractivity contribution in [2.45, 2.75) is 52.4 Å². The number of rotatable bonds is 10. The van der Waals surface area contributed by atoms with E-state index in [0.29, 0.717) is 25.2 Å². The van der Waals surface area contributed by atoms with Crippen LogP contribution in [0.15, 0.2) is 72.8 Å². The van der Waals surface area contributed by atoms with Crippen molar-refractivity contribution in [2.75, 3.05) is 40.4 Å². The van der Waals surface area contributed by atoms with Gasteiger partial charge in [0.2, 0.25) is 0 Å². The number of carbonyl (C=O) groups is 1. The Balaban J connectivity index is 1.66. The Hall–Kier alpha value is -3.35. The van der Waals surface area contributed by atoms with Crippen LogP contribution >= 0.6 is 0 Å². The van der Waals surface area contributed by atoms with Crippen molar-refractivity contribution >= 4 is 5.91 Å². The van der Waals surface area contributed by atoms with Crippen molar-refractivity contribution < 1.29 is 14.3 Å². The van der Waals surface area contributed by atoms with Gasteiger partial charge in [0.15, 0.2) is 0 Å². The third kappa shape index (κ3) is 6.63. The molecule has 1 aliphatic rings. The van der Waals surface area contributed by atoms with Crippen LogP contribution in [0.5, 0.6) is 11.5 Å². The van der Waals surface area contributed by atoms with Gasteiger partial charge in [0.1, 0.15) is 11.5 Å². The summed E-state index contributed by atoms with van der Waals surface area (Å²) in [5, 5.41) is 0. The van der Waals surface area contributed by atoms with Crippen LogP contribution in [0.1, 0.15) is 60.8 Å². The zero-order chi connectivity index (χ0) is 27.9. The largest absolute Gasteiger partial charge is 0.497 e. The molecule has 3 aromatic carbocycles. The van der Waals surface area contributed by atoms with Gasteiger partial charge in [-0.1, -0.05) is 36.4 Å². The molecule has 1 fully saturated rings.